The summed E-state index contributed by atoms with van der Waals surface area (Å²) in [6, 6.07) is 0. The smallest absolute Gasteiger partial charge is 0.239 e. The normalized spacial score (nSPS) is 10.5. The zero-order chi connectivity index (χ0) is 13.5. The summed E-state index contributed by atoms with van der Waals surface area (Å²) in [6.45, 7) is 6.89. The van der Waals surface area contributed by atoms with Gasteiger partial charge in [0.25, 0.3) is 0 Å². The molecule has 100 valence electrons. The van der Waals surface area contributed by atoms with Gasteiger partial charge in [0, 0.05) is 12.1 Å². The van der Waals surface area contributed by atoms with Crippen LogP contribution in [0.5, 0.6) is 0 Å². The van der Waals surface area contributed by atoms with Gasteiger partial charge in [-0.3, -0.25) is 4.79 Å². The lowest BCUT2D eigenvalue weighted by Crippen LogP contribution is -2.30. The quantitative estimate of drug-likeness (QED) is 0.778. The van der Waals surface area contributed by atoms with Gasteiger partial charge in [-0.1, -0.05) is 32.4 Å². The molecule has 1 amide bonds. The molecule has 6 heteroatoms. The number of amides is 1. The fraction of sp³-hybridized carbons (Fsp3) is 0.583. The second-order valence-corrected chi connectivity index (χ2v) is 4.64. The first-order valence-electron chi connectivity index (χ1n) is 6.07. The van der Waals surface area contributed by atoms with Gasteiger partial charge in [-0.2, -0.15) is 0 Å². The van der Waals surface area contributed by atoms with Gasteiger partial charge >= 0.3 is 0 Å². The van der Waals surface area contributed by atoms with Crippen LogP contribution < -0.4 is 10.6 Å². The maximum atomic E-state index is 11.5. The highest BCUT2D eigenvalue weighted by Crippen LogP contribution is 2.27. The van der Waals surface area contributed by atoms with Gasteiger partial charge in [0.15, 0.2) is 0 Å². The minimum atomic E-state index is -0.0544. The minimum Gasteiger partial charge on any atom is -0.361 e. The van der Waals surface area contributed by atoms with Gasteiger partial charge in [0.05, 0.1) is 6.54 Å². The Balaban J connectivity index is 2.67. The predicted octanol–water partition coefficient (Wildman–Crippen LogP) is 2.19. The summed E-state index contributed by atoms with van der Waals surface area (Å²) in [5.41, 5.74) is 0.836. The molecule has 0 atom stereocenters. The first-order valence-corrected chi connectivity index (χ1v) is 6.45. The van der Waals surface area contributed by atoms with Crippen LogP contribution in [-0.4, -0.2) is 29.0 Å². The molecule has 1 heterocycles. The van der Waals surface area contributed by atoms with Crippen LogP contribution in [0, 0.1) is 0 Å². The molecule has 0 unspecified atom stereocenters. The third kappa shape index (κ3) is 4.14. The van der Waals surface area contributed by atoms with Crippen LogP contribution in [0.15, 0.2) is 6.33 Å². The SMILES string of the molecule is CCCNC(=O)CNc1ncnc(Cl)c1C(C)C. The number of hydrogen-bond acceptors (Lipinski definition) is 4. The summed E-state index contributed by atoms with van der Waals surface area (Å²) >= 11 is 6.03. The summed E-state index contributed by atoms with van der Waals surface area (Å²) in [6.07, 6.45) is 2.31. The van der Waals surface area contributed by atoms with Gasteiger partial charge in [0.2, 0.25) is 5.91 Å². The second kappa shape index (κ2) is 7.16. The van der Waals surface area contributed by atoms with Crippen LogP contribution in [0.1, 0.15) is 38.7 Å². The third-order valence-electron chi connectivity index (χ3n) is 2.40. The Morgan fingerprint density at radius 2 is 2.17 bits per heavy atom. The molecule has 5 nitrogen and oxygen atoms in total. The van der Waals surface area contributed by atoms with Crippen LogP contribution in [0.2, 0.25) is 5.15 Å². The zero-order valence-corrected chi connectivity index (χ0v) is 11.7. The van der Waals surface area contributed by atoms with Crippen molar-refractivity contribution >= 4 is 23.3 Å². The molecule has 2 N–H and O–H groups in total. The highest BCUT2D eigenvalue weighted by molar-refractivity contribution is 6.30. The maximum absolute atomic E-state index is 11.5. The monoisotopic (exact) mass is 270 g/mol. The molecule has 1 aromatic heterocycles. The Morgan fingerprint density at radius 1 is 1.44 bits per heavy atom. The number of carbonyl (C=O) groups is 1. The molecule has 0 aliphatic carbocycles. The van der Waals surface area contributed by atoms with E-state index < -0.39 is 0 Å². The van der Waals surface area contributed by atoms with E-state index in [-0.39, 0.29) is 18.4 Å². The average molecular weight is 271 g/mol. The minimum absolute atomic E-state index is 0.0544. The first kappa shape index (κ1) is 14.7. The van der Waals surface area contributed by atoms with E-state index in [1.54, 1.807) is 0 Å². The van der Waals surface area contributed by atoms with E-state index in [1.165, 1.54) is 6.33 Å². The van der Waals surface area contributed by atoms with E-state index in [0.717, 1.165) is 12.0 Å². The zero-order valence-electron chi connectivity index (χ0n) is 11.0. The summed E-state index contributed by atoms with van der Waals surface area (Å²) in [5.74, 6) is 0.762. The molecule has 0 saturated carbocycles. The van der Waals surface area contributed by atoms with Gasteiger partial charge in [-0.15, -0.1) is 0 Å². The van der Waals surface area contributed by atoms with Gasteiger partial charge < -0.3 is 10.6 Å². The van der Waals surface area contributed by atoms with Crippen molar-refractivity contribution in [3.8, 4) is 0 Å². The summed E-state index contributed by atoms with van der Waals surface area (Å²) in [4.78, 5) is 19.6. The number of anilines is 1. The largest absolute Gasteiger partial charge is 0.361 e. The van der Waals surface area contributed by atoms with Crippen LogP contribution in [0.4, 0.5) is 5.82 Å². The van der Waals surface area contributed by atoms with E-state index in [9.17, 15) is 4.79 Å². The van der Waals surface area contributed by atoms with E-state index in [2.05, 4.69) is 20.6 Å². The van der Waals surface area contributed by atoms with Crippen molar-refractivity contribution in [1.29, 1.82) is 0 Å². The fourth-order valence-electron chi connectivity index (χ4n) is 1.52. The lowest BCUT2D eigenvalue weighted by atomic mass is 10.1. The Kier molecular flexibility index (Phi) is 5.85. The number of nitrogens with one attached hydrogen (secondary N) is 2. The molecule has 0 aliphatic rings. The summed E-state index contributed by atoms with van der Waals surface area (Å²) in [5, 5.41) is 6.21. The lowest BCUT2D eigenvalue weighted by molar-refractivity contribution is -0.119. The van der Waals surface area contributed by atoms with Gasteiger partial charge in [0.1, 0.15) is 17.3 Å². The highest BCUT2D eigenvalue weighted by atomic mass is 35.5. The predicted molar refractivity (Wildman–Crippen MR) is 72.9 cm³/mol. The molecule has 18 heavy (non-hydrogen) atoms. The molecular formula is C12H19ClN4O. The molecule has 0 bridgehead atoms. The highest BCUT2D eigenvalue weighted by Gasteiger charge is 2.13. The van der Waals surface area contributed by atoms with Crippen LogP contribution in [0.25, 0.3) is 0 Å². The van der Waals surface area contributed by atoms with E-state index in [0.29, 0.717) is 17.5 Å². The third-order valence-corrected chi connectivity index (χ3v) is 2.70. The molecule has 0 radical (unpaired) electrons. The maximum Gasteiger partial charge on any atom is 0.239 e. The molecule has 0 fully saturated rings. The standard InChI is InChI=1S/C12H19ClN4O/c1-4-5-14-9(18)6-15-12-10(8(2)3)11(13)16-7-17-12/h7-8H,4-6H2,1-3H3,(H,14,18)(H,15,16,17). The average Bonchev–Trinajstić information content (AvgIpc) is 2.33. The van der Waals surface area contributed by atoms with Gasteiger partial charge in [-0.05, 0) is 12.3 Å². The van der Waals surface area contributed by atoms with Crippen LogP contribution >= 0.6 is 11.6 Å². The van der Waals surface area contributed by atoms with Crippen molar-refractivity contribution in [2.45, 2.75) is 33.1 Å². The Morgan fingerprint density at radius 3 is 2.78 bits per heavy atom. The molecule has 0 aromatic carbocycles. The molecule has 0 saturated heterocycles. The number of carbonyl (C=O) groups excluding carboxylic acids is 1. The summed E-state index contributed by atoms with van der Waals surface area (Å²) in [7, 11) is 0. The van der Waals surface area contributed by atoms with E-state index >= 15 is 0 Å². The van der Waals surface area contributed by atoms with Crippen molar-refractivity contribution in [1.82, 2.24) is 15.3 Å². The number of rotatable bonds is 6. The molecule has 1 rings (SSSR count). The fourth-order valence-corrected chi connectivity index (χ4v) is 1.87. The molecular weight excluding hydrogens is 252 g/mol. The second-order valence-electron chi connectivity index (χ2n) is 4.28. The Labute approximate surface area is 112 Å². The number of halogens is 1. The molecule has 0 spiro atoms. The van der Waals surface area contributed by atoms with E-state index in [4.69, 9.17) is 11.6 Å². The Hall–Kier alpha value is -1.36. The lowest BCUT2D eigenvalue weighted by Gasteiger charge is -2.14. The van der Waals surface area contributed by atoms with E-state index in [1.807, 2.05) is 20.8 Å². The Bertz CT molecular complexity index is 409. The van der Waals surface area contributed by atoms with Crippen molar-refractivity contribution < 1.29 is 4.79 Å². The van der Waals surface area contributed by atoms with Crippen molar-refractivity contribution in [2.24, 2.45) is 0 Å². The number of nitrogens with zero attached hydrogens (tertiary/aromatic N) is 2. The van der Waals surface area contributed by atoms with Crippen LogP contribution in [0.3, 0.4) is 0 Å². The first-order chi connectivity index (χ1) is 8.56. The van der Waals surface area contributed by atoms with Gasteiger partial charge in [-0.25, -0.2) is 9.97 Å². The number of aromatic nitrogens is 2. The summed E-state index contributed by atoms with van der Waals surface area (Å²) < 4.78 is 0. The van der Waals surface area contributed by atoms with Crippen molar-refractivity contribution in [3.63, 3.8) is 0 Å². The van der Waals surface area contributed by atoms with Crippen LogP contribution in [-0.2, 0) is 4.79 Å². The van der Waals surface area contributed by atoms with Crippen molar-refractivity contribution in [3.05, 3.63) is 17.0 Å². The molecule has 0 aliphatic heterocycles. The topological polar surface area (TPSA) is 66.9 Å². The molecule has 1 aromatic rings. The van der Waals surface area contributed by atoms with Crippen molar-refractivity contribution in [2.75, 3.05) is 18.4 Å². The number of hydrogen-bond donors (Lipinski definition) is 2.